The van der Waals surface area contributed by atoms with Crippen LogP contribution in [0.2, 0.25) is 5.02 Å². The van der Waals surface area contributed by atoms with Crippen molar-refractivity contribution in [2.24, 2.45) is 15.4 Å². The first kappa shape index (κ1) is 29.9. The Labute approximate surface area is 250 Å². The van der Waals surface area contributed by atoms with E-state index in [2.05, 4.69) is 33.6 Å². The lowest BCUT2D eigenvalue weighted by Crippen LogP contribution is -2.48. The van der Waals surface area contributed by atoms with Gasteiger partial charge in [0.1, 0.15) is 52.0 Å². The summed E-state index contributed by atoms with van der Waals surface area (Å²) in [6, 6.07) is 15.6. The molecule has 42 heavy (non-hydrogen) atoms. The Morgan fingerprint density at radius 1 is 1.10 bits per heavy atom. The van der Waals surface area contributed by atoms with Crippen molar-refractivity contribution in [3.8, 4) is 5.75 Å². The normalized spacial score (nSPS) is 19.8. The molecule has 3 aromatic rings. The van der Waals surface area contributed by atoms with Crippen molar-refractivity contribution in [3.05, 3.63) is 106 Å². The minimum atomic E-state index is -3.02. The quantitative estimate of drug-likeness (QED) is 0.268. The molecule has 1 aliphatic heterocycles. The molecule has 0 amide bonds. The van der Waals surface area contributed by atoms with Crippen molar-refractivity contribution in [1.29, 1.82) is 0 Å². The van der Waals surface area contributed by atoms with Gasteiger partial charge in [0.05, 0.1) is 28.4 Å². The van der Waals surface area contributed by atoms with E-state index >= 15 is 0 Å². The van der Waals surface area contributed by atoms with E-state index in [0.29, 0.717) is 41.9 Å². The first-order valence-electron chi connectivity index (χ1n) is 13.5. The van der Waals surface area contributed by atoms with Crippen LogP contribution in [0.1, 0.15) is 29.6 Å². The average Bonchev–Trinajstić information content (AvgIpc) is 3.42. The van der Waals surface area contributed by atoms with Gasteiger partial charge in [-0.05, 0) is 66.6 Å². The van der Waals surface area contributed by atoms with E-state index in [4.69, 9.17) is 20.8 Å². The van der Waals surface area contributed by atoms with Crippen molar-refractivity contribution < 1.29 is 22.0 Å². The van der Waals surface area contributed by atoms with Gasteiger partial charge in [-0.15, -0.1) is 0 Å². The minimum absolute atomic E-state index is 0.0739. The van der Waals surface area contributed by atoms with Crippen molar-refractivity contribution >= 4 is 39.1 Å². The van der Waals surface area contributed by atoms with E-state index in [0.717, 1.165) is 22.4 Å². The number of aliphatic imine (C=N–C) groups is 2. The minimum Gasteiger partial charge on any atom is -0.487 e. The Bertz CT molecular complexity index is 1680. The fourth-order valence-corrected chi connectivity index (χ4v) is 5.57. The number of rotatable bonds is 12. The molecule has 0 saturated carbocycles. The molecule has 220 valence electrons. The van der Waals surface area contributed by atoms with Crippen LogP contribution in [0.15, 0.2) is 87.2 Å². The summed E-state index contributed by atoms with van der Waals surface area (Å²) in [7, 11) is -3.02. The number of fused-ring (bicyclic) bond motifs is 1. The summed E-state index contributed by atoms with van der Waals surface area (Å²) in [6.07, 6.45) is 8.55. The molecule has 8 nitrogen and oxygen atoms in total. The summed E-state index contributed by atoms with van der Waals surface area (Å²) in [5.74, 6) is 1.71. The largest absolute Gasteiger partial charge is 0.487 e. The molecule has 0 bridgehead atoms. The molecule has 2 aliphatic rings. The third-order valence-electron chi connectivity index (χ3n) is 7.08. The SMILES string of the molecule is CC12C=C(c3ccc(CNCCS(C)(=O)=O)o3)C=CC1=NC=NC2NCc1ccc(OCc2cccc(F)c2)c(Cl)c1. The number of allylic oxidation sites excluding steroid dienone is 3. The van der Waals surface area contributed by atoms with E-state index in [1.807, 2.05) is 42.5 Å². The van der Waals surface area contributed by atoms with Crippen LogP contribution in [0.25, 0.3) is 5.57 Å². The average molecular weight is 611 g/mol. The molecule has 0 saturated heterocycles. The second-order valence-electron chi connectivity index (χ2n) is 10.5. The molecule has 2 unspecified atom stereocenters. The molecular formula is C31H32ClFN4O4S. The van der Waals surface area contributed by atoms with Crippen LogP contribution >= 0.6 is 11.6 Å². The maximum atomic E-state index is 13.4. The third kappa shape index (κ3) is 7.43. The lowest BCUT2D eigenvalue weighted by molar-refractivity contribution is 0.305. The lowest BCUT2D eigenvalue weighted by atomic mass is 9.76. The molecular weight excluding hydrogens is 579 g/mol. The van der Waals surface area contributed by atoms with Crippen molar-refractivity contribution in [2.75, 3.05) is 18.6 Å². The molecule has 5 rings (SSSR count). The lowest BCUT2D eigenvalue weighted by Gasteiger charge is -2.37. The van der Waals surface area contributed by atoms with Crippen molar-refractivity contribution in [1.82, 2.24) is 10.6 Å². The van der Waals surface area contributed by atoms with Crippen LogP contribution in [-0.2, 0) is 29.5 Å². The number of halogens is 2. The predicted octanol–water partition coefficient (Wildman–Crippen LogP) is 5.34. The summed E-state index contributed by atoms with van der Waals surface area (Å²) in [6.45, 7) is 3.59. The van der Waals surface area contributed by atoms with Crippen LogP contribution in [0, 0.1) is 11.2 Å². The van der Waals surface area contributed by atoms with Crippen LogP contribution in [0.4, 0.5) is 4.39 Å². The Hall–Kier alpha value is -3.57. The first-order valence-corrected chi connectivity index (χ1v) is 15.9. The zero-order valence-corrected chi connectivity index (χ0v) is 24.9. The molecule has 1 aromatic heterocycles. The monoisotopic (exact) mass is 610 g/mol. The number of nitrogens with zero attached hydrogens (tertiary/aromatic N) is 2. The van der Waals surface area contributed by atoms with Crippen LogP contribution < -0.4 is 15.4 Å². The smallest absolute Gasteiger partial charge is 0.148 e. The number of hydrogen-bond acceptors (Lipinski definition) is 8. The van der Waals surface area contributed by atoms with Crippen LogP contribution in [0.3, 0.4) is 0 Å². The summed E-state index contributed by atoms with van der Waals surface area (Å²) >= 11 is 6.50. The number of sulfone groups is 1. The second-order valence-corrected chi connectivity index (χ2v) is 13.2. The fourth-order valence-electron chi connectivity index (χ4n) is 4.80. The fraction of sp³-hybridized carbons (Fsp3) is 0.290. The highest BCUT2D eigenvalue weighted by Crippen LogP contribution is 2.37. The number of furan rings is 1. The molecule has 1 aliphatic carbocycles. The zero-order valence-electron chi connectivity index (χ0n) is 23.3. The number of nitrogens with one attached hydrogen (secondary N) is 2. The predicted molar refractivity (Wildman–Crippen MR) is 164 cm³/mol. The van der Waals surface area contributed by atoms with Crippen LogP contribution in [-0.4, -0.2) is 45.2 Å². The molecule has 0 radical (unpaired) electrons. The number of ether oxygens (including phenoxy) is 1. The van der Waals surface area contributed by atoms with Gasteiger partial charge in [-0.2, -0.15) is 0 Å². The Balaban J connectivity index is 1.22. The molecule has 2 N–H and O–H groups in total. The Morgan fingerprint density at radius 2 is 1.95 bits per heavy atom. The van der Waals surface area contributed by atoms with Gasteiger partial charge < -0.3 is 14.5 Å². The Kier molecular flexibility index (Phi) is 9.08. The van der Waals surface area contributed by atoms with Crippen molar-refractivity contribution in [3.63, 3.8) is 0 Å². The van der Waals surface area contributed by atoms with Crippen molar-refractivity contribution in [2.45, 2.75) is 32.8 Å². The molecule has 2 heterocycles. The molecule has 2 aromatic carbocycles. The van der Waals surface area contributed by atoms with Gasteiger partial charge in [-0.25, -0.2) is 17.8 Å². The summed E-state index contributed by atoms with van der Waals surface area (Å²) in [4.78, 5) is 9.14. The maximum absolute atomic E-state index is 13.4. The van der Waals surface area contributed by atoms with Gasteiger partial charge in [-0.3, -0.25) is 10.3 Å². The van der Waals surface area contributed by atoms with Gasteiger partial charge in [-0.1, -0.05) is 35.9 Å². The summed E-state index contributed by atoms with van der Waals surface area (Å²) in [5, 5.41) is 7.09. The number of hydrogen-bond donors (Lipinski definition) is 2. The summed E-state index contributed by atoms with van der Waals surface area (Å²) < 4.78 is 48.0. The standard InChI is InChI=1S/C31H32ClFN4O4S/c1-31-16-23(27-10-8-25(41-27)18-34-12-13-42(2,38)39)7-11-29(31)36-20-37-30(31)35-17-21-6-9-28(26(32)15-21)40-19-22-4-3-5-24(33)14-22/h3-11,14-16,20,30,34-35H,12-13,17-19H2,1-2H3. The topological polar surface area (TPSA) is 105 Å². The third-order valence-corrected chi connectivity index (χ3v) is 8.32. The maximum Gasteiger partial charge on any atom is 0.148 e. The van der Waals surface area contributed by atoms with E-state index < -0.39 is 15.3 Å². The highest BCUT2D eigenvalue weighted by molar-refractivity contribution is 7.90. The van der Waals surface area contributed by atoms with Gasteiger partial charge in [0.25, 0.3) is 0 Å². The highest BCUT2D eigenvalue weighted by atomic mass is 35.5. The highest BCUT2D eigenvalue weighted by Gasteiger charge is 2.40. The van der Waals surface area contributed by atoms with Crippen LogP contribution in [0.5, 0.6) is 5.75 Å². The van der Waals surface area contributed by atoms with Gasteiger partial charge in [0.2, 0.25) is 0 Å². The molecule has 11 heteroatoms. The van der Waals surface area contributed by atoms with Gasteiger partial charge in [0.15, 0.2) is 0 Å². The number of benzene rings is 2. The zero-order chi connectivity index (χ0) is 29.7. The van der Waals surface area contributed by atoms with E-state index in [1.165, 1.54) is 18.4 Å². The molecule has 0 spiro atoms. The van der Waals surface area contributed by atoms with E-state index in [9.17, 15) is 12.8 Å². The van der Waals surface area contributed by atoms with Gasteiger partial charge in [0, 0.05) is 24.9 Å². The second kappa shape index (κ2) is 12.7. The Morgan fingerprint density at radius 3 is 2.74 bits per heavy atom. The van der Waals surface area contributed by atoms with E-state index in [1.54, 1.807) is 18.5 Å². The molecule has 2 atom stereocenters. The first-order chi connectivity index (χ1) is 20.1. The van der Waals surface area contributed by atoms with Gasteiger partial charge >= 0.3 is 0 Å². The molecule has 0 fully saturated rings. The summed E-state index contributed by atoms with van der Waals surface area (Å²) in [5.41, 5.74) is 2.93. The van der Waals surface area contributed by atoms with E-state index in [-0.39, 0.29) is 24.3 Å².